The number of rotatable bonds is 5. The number of halogens is 1. The average molecular weight is 478 g/mol. The van der Waals surface area contributed by atoms with Crippen molar-refractivity contribution in [3.05, 3.63) is 81.0 Å². The maximum atomic E-state index is 12.8. The molecule has 0 radical (unpaired) electrons. The molecule has 1 saturated heterocycles. The third-order valence-corrected chi connectivity index (χ3v) is 7.03. The van der Waals surface area contributed by atoms with E-state index in [9.17, 15) is 9.59 Å². The number of para-hydroxylation sites is 1. The molecule has 1 aliphatic carbocycles. The number of hydrogen-bond donors (Lipinski definition) is 0. The van der Waals surface area contributed by atoms with Gasteiger partial charge in [-0.1, -0.05) is 29.8 Å². The maximum Gasteiger partial charge on any atom is 0.292 e. The third kappa shape index (κ3) is 4.28. The Morgan fingerprint density at radius 2 is 1.79 bits per heavy atom. The SMILES string of the molecule is Cc1cc(/C=C/C(=O)N2CCN(c3cnn(-c4ccccc4)c(=O)c3Cl)CC2)c(C)n1C1CC1. The van der Waals surface area contributed by atoms with Crippen molar-refractivity contribution in [3.63, 3.8) is 0 Å². The van der Waals surface area contributed by atoms with Crippen LogP contribution in [0, 0.1) is 13.8 Å². The second-order valence-corrected chi connectivity index (χ2v) is 9.35. The summed E-state index contributed by atoms with van der Waals surface area (Å²) in [6.45, 7) is 6.54. The maximum absolute atomic E-state index is 12.8. The Kier molecular flexibility index (Phi) is 6.04. The molecule has 1 aliphatic heterocycles. The summed E-state index contributed by atoms with van der Waals surface area (Å²) in [6, 6.07) is 12.0. The number of aromatic nitrogens is 3. The molecular formula is C26H28ClN5O2. The molecule has 2 fully saturated rings. The van der Waals surface area contributed by atoms with Gasteiger partial charge in [0.05, 0.1) is 17.6 Å². The van der Waals surface area contributed by atoms with Crippen molar-refractivity contribution in [1.82, 2.24) is 19.2 Å². The van der Waals surface area contributed by atoms with Gasteiger partial charge in [0.15, 0.2) is 0 Å². The van der Waals surface area contributed by atoms with E-state index in [1.165, 1.54) is 28.9 Å². The van der Waals surface area contributed by atoms with Crippen molar-refractivity contribution in [2.45, 2.75) is 32.7 Å². The van der Waals surface area contributed by atoms with Gasteiger partial charge in [0.2, 0.25) is 5.91 Å². The second-order valence-electron chi connectivity index (χ2n) is 8.97. The molecule has 0 unspecified atom stereocenters. The van der Waals surface area contributed by atoms with Crippen LogP contribution in [0.25, 0.3) is 11.8 Å². The highest BCUT2D eigenvalue weighted by Gasteiger charge is 2.27. The van der Waals surface area contributed by atoms with Crippen LogP contribution in [0.15, 0.2) is 53.5 Å². The molecule has 2 aromatic heterocycles. The van der Waals surface area contributed by atoms with Crippen LogP contribution < -0.4 is 10.5 Å². The Morgan fingerprint density at radius 1 is 1.09 bits per heavy atom. The third-order valence-electron chi connectivity index (χ3n) is 6.67. The highest BCUT2D eigenvalue weighted by atomic mass is 35.5. The smallest absolute Gasteiger partial charge is 0.292 e. The van der Waals surface area contributed by atoms with Gasteiger partial charge in [-0.05, 0) is 56.5 Å². The number of carbonyl (C=O) groups is 1. The lowest BCUT2D eigenvalue weighted by Crippen LogP contribution is -2.48. The number of carbonyl (C=O) groups excluding carboxylic acids is 1. The van der Waals surface area contributed by atoms with Gasteiger partial charge in [-0.2, -0.15) is 9.78 Å². The van der Waals surface area contributed by atoms with E-state index in [0.717, 1.165) is 5.56 Å². The van der Waals surface area contributed by atoms with Crippen molar-refractivity contribution in [2.24, 2.45) is 0 Å². The quantitative estimate of drug-likeness (QED) is 0.521. The van der Waals surface area contributed by atoms with E-state index in [4.69, 9.17) is 11.6 Å². The van der Waals surface area contributed by atoms with Gasteiger partial charge in [0, 0.05) is 49.7 Å². The number of benzene rings is 1. The van der Waals surface area contributed by atoms with E-state index >= 15 is 0 Å². The van der Waals surface area contributed by atoms with Crippen LogP contribution in [-0.2, 0) is 4.79 Å². The van der Waals surface area contributed by atoms with Crippen LogP contribution in [0.2, 0.25) is 5.02 Å². The number of piperazine rings is 1. The molecule has 1 aromatic carbocycles. The molecule has 1 amide bonds. The van der Waals surface area contributed by atoms with Crippen molar-refractivity contribution in [1.29, 1.82) is 0 Å². The van der Waals surface area contributed by atoms with E-state index in [1.807, 2.05) is 46.2 Å². The Hall–Kier alpha value is -3.32. The van der Waals surface area contributed by atoms with Gasteiger partial charge in [-0.3, -0.25) is 9.59 Å². The van der Waals surface area contributed by atoms with Gasteiger partial charge in [-0.15, -0.1) is 0 Å². The van der Waals surface area contributed by atoms with E-state index in [-0.39, 0.29) is 16.5 Å². The first-order valence-electron chi connectivity index (χ1n) is 11.7. The summed E-state index contributed by atoms with van der Waals surface area (Å²) in [6.07, 6.45) is 7.71. The normalized spacial score (nSPS) is 16.4. The first-order chi connectivity index (χ1) is 16.4. The Bertz CT molecular complexity index is 1300. The minimum absolute atomic E-state index is 0.000378. The number of hydrogen-bond acceptors (Lipinski definition) is 4. The first kappa shape index (κ1) is 22.5. The standard InChI is InChI=1S/C26H28ClN5O2/c1-18-16-20(19(2)31(18)21-9-10-21)8-11-24(33)30-14-12-29(13-15-30)23-17-28-32(26(34)25(23)27)22-6-4-3-5-7-22/h3-8,11,16-17,21H,9-10,12-15H2,1-2H3/b11-8+. The summed E-state index contributed by atoms with van der Waals surface area (Å²) in [7, 11) is 0. The van der Waals surface area contributed by atoms with E-state index in [0.29, 0.717) is 43.6 Å². The summed E-state index contributed by atoms with van der Waals surface area (Å²) in [5.74, 6) is -0.000378. The Balaban J connectivity index is 1.24. The molecule has 1 saturated carbocycles. The lowest BCUT2D eigenvalue weighted by atomic mass is 10.2. The molecule has 0 N–H and O–H groups in total. The van der Waals surface area contributed by atoms with Crippen LogP contribution >= 0.6 is 11.6 Å². The van der Waals surface area contributed by atoms with Gasteiger partial charge < -0.3 is 14.4 Å². The summed E-state index contributed by atoms with van der Waals surface area (Å²) in [4.78, 5) is 29.4. The highest BCUT2D eigenvalue weighted by molar-refractivity contribution is 6.33. The number of anilines is 1. The molecule has 0 spiro atoms. The fourth-order valence-corrected chi connectivity index (χ4v) is 4.95. The summed E-state index contributed by atoms with van der Waals surface area (Å²) < 4.78 is 3.68. The van der Waals surface area contributed by atoms with E-state index in [2.05, 4.69) is 29.6 Å². The molecular weight excluding hydrogens is 450 g/mol. The van der Waals surface area contributed by atoms with Gasteiger partial charge in [0.1, 0.15) is 5.02 Å². The highest BCUT2D eigenvalue weighted by Crippen LogP contribution is 2.38. The van der Waals surface area contributed by atoms with E-state index < -0.39 is 0 Å². The Morgan fingerprint density at radius 3 is 2.47 bits per heavy atom. The predicted octanol–water partition coefficient (Wildman–Crippen LogP) is 4.00. The topological polar surface area (TPSA) is 63.4 Å². The van der Waals surface area contributed by atoms with E-state index in [1.54, 1.807) is 12.3 Å². The molecule has 8 heteroatoms. The van der Waals surface area contributed by atoms with Gasteiger partial charge in [0.25, 0.3) is 5.56 Å². The first-order valence-corrected chi connectivity index (χ1v) is 12.1. The zero-order chi connectivity index (χ0) is 23.8. The van der Waals surface area contributed by atoms with Crippen LogP contribution in [0.1, 0.15) is 35.8 Å². The minimum Gasteiger partial charge on any atom is -0.365 e. The summed E-state index contributed by atoms with van der Waals surface area (Å²) in [5, 5.41) is 4.46. The van der Waals surface area contributed by atoms with Crippen molar-refractivity contribution in [2.75, 3.05) is 31.1 Å². The summed E-state index contributed by atoms with van der Waals surface area (Å²) >= 11 is 6.45. The molecule has 0 bridgehead atoms. The molecule has 34 heavy (non-hydrogen) atoms. The monoisotopic (exact) mass is 477 g/mol. The second kappa shape index (κ2) is 9.14. The number of nitrogens with zero attached hydrogens (tertiary/aromatic N) is 5. The fourth-order valence-electron chi connectivity index (χ4n) is 4.70. The lowest BCUT2D eigenvalue weighted by Gasteiger charge is -2.35. The van der Waals surface area contributed by atoms with Gasteiger partial charge >= 0.3 is 0 Å². The molecule has 3 heterocycles. The molecule has 2 aliphatic rings. The zero-order valence-corrected chi connectivity index (χ0v) is 20.2. The largest absolute Gasteiger partial charge is 0.365 e. The molecule has 176 valence electrons. The zero-order valence-electron chi connectivity index (χ0n) is 19.4. The van der Waals surface area contributed by atoms with Crippen molar-refractivity contribution in [3.8, 4) is 5.69 Å². The van der Waals surface area contributed by atoms with Crippen molar-refractivity contribution >= 4 is 29.3 Å². The summed E-state index contributed by atoms with van der Waals surface area (Å²) in [5.41, 5.74) is 4.50. The molecule has 5 rings (SSSR count). The molecule has 7 nitrogen and oxygen atoms in total. The van der Waals surface area contributed by atoms with Gasteiger partial charge in [-0.25, -0.2) is 0 Å². The predicted molar refractivity (Wildman–Crippen MR) is 135 cm³/mol. The lowest BCUT2D eigenvalue weighted by molar-refractivity contribution is -0.126. The molecule has 3 aromatic rings. The molecule has 0 atom stereocenters. The van der Waals surface area contributed by atoms with Crippen LogP contribution in [-0.4, -0.2) is 51.3 Å². The van der Waals surface area contributed by atoms with Crippen LogP contribution in [0.5, 0.6) is 0 Å². The number of aryl methyl sites for hydroxylation is 1. The van der Waals surface area contributed by atoms with Crippen molar-refractivity contribution < 1.29 is 4.79 Å². The van der Waals surface area contributed by atoms with Crippen LogP contribution in [0.3, 0.4) is 0 Å². The number of amides is 1. The average Bonchev–Trinajstić information content (AvgIpc) is 3.64. The minimum atomic E-state index is -0.351. The Labute approximate surface area is 203 Å². The van der Waals surface area contributed by atoms with Crippen LogP contribution in [0.4, 0.5) is 5.69 Å². The fraction of sp³-hybridized carbons (Fsp3) is 0.346.